The van der Waals surface area contributed by atoms with Crippen LogP contribution in [0.4, 0.5) is 0 Å². The van der Waals surface area contributed by atoms with Gasteiger partial charge in [-0.25, -0.2) is 4.99 Å². The van der Waals surface area contributed by atoms with E-state index >= 15 is 0 Å². The number of rotatable bonds is 15. The number of hydrogen-bond acceptors (Lipinski definition) is 4. The minimum Gasteiger partial charge on any atom is -0.379 e. The second-order valence-electron chi connectivity index (χ2n) is 6.88. The SMILES string of the molecule is CCCCOCCOCCNC(=NCc1cccc(COC(C)C)c1)NCC.I. The minimum atomic E-state index is 0. The fraction of sp³-hybridized carbons (Fsp3) is 0.682. The zero-order chi connectivity index (χ0) is 20.5. The summed E-state index contributed by atoms with van der Waals surface area (Å²) in [5, 5.41) is 6.57. The average Bonchev–Trinajstić information content (AvgIpc) is 2.69. The van der Waals surface area contributed by atoms with Gasteiger partial charge in [-0.15, -0.1) is 24.0 Å². The molecule has 0 fully saturated rings. The number of nitrogens with zero attached hydrogens (tertiary/aromatic N) is 1. The Hall–Kier alpha value is -0.900. The third-order valence-electron chi connectivity index (χ3n) is 3.89. The van der Waals surface area contributed by atoms with Crippen LogP contribution in [0.5, 0.6) is 0 Å². The molecule has 0 saturated carbocycles. The molecule has 7 heteroatoms. The summed E-state index contributed by atoms with van der Waals surface area (Å²) in [6.07, 6.45) is 2.50. The molecule has 2 N–H and O–H groups in total. The van der Waals surface area contributed by atoms with E-state index in [2.05, 4.69) is 53.7 Å². The number of halogens is 1. The van der Waals surface area contributed by atoms with Gasteiger partial charge in [0.05, 0.1) is 39.1 Å². The van der Waals surface area contributed by atoms with Crippen molar-refractivity contribution in [3.8, 4) is 0 Å². The van der Waals surface area contributed by atoms with Crippen molar-refractivity contribution < 1.29 is 14.2 Å². The maximum atomic E-state index is 5.68. The van der Waals surface area contributed by atoms with Gasteiger partial charge in [-0.1, -0.05) is 37.6 Å². The standard InChI is InChI=1S/C22H39N3O3.HI/c1-5-7-12-26-14-15-27-13-11-24-22(23-6-2)25-17-20-9-8-10-21(16-20)18-28-19(3)4;/h8-10,16,19H,5-7,11-15,17-18H2,1-4H3,(H2,23,24,25);1H. The highest BCUT2D eigenvalue weighted by atomic mass is 127. The summed E-state index contributed by atoms with van der Waals surface area (Å²) in [6, 6.07) is 8.38. The van der Waals surface area contributed by atoms with Crippen molar-refractivity contribution in [2.75, 3.05) is 39.5 Å². The van der Waals surface area contributed by atoms with Crippen molar-refractivity contribution in [1.82, 2.24) is 10.6 Å². The van der Waals surface area contributed by atoms with E-state index in [1.54, 1.807) is 0 Å². The fourth-order valence-corrected chi connectivity index (χ4v) is 2.40. The van der Waals surface area contributed by atoms with Crippen LogP contribution < -0.4 is 10.6 Å². The Morgan fingerprint density at radius 3 is 2.41 bits per heavy atom. The minimum absolute atomic E-state index is 0. The van der Waals surface area contributed by atoms with E-state index < -0.39 is 0 Å². The Morgan fingerprint density at radius 1 is 1.00 bits per heavy atom. The van der Waals surface area contributed by atoms with Crippen LogP contribution in [0.15, 0.2) is 29.3 Å². The molecule has 0 heterocycles. The summed E-state index contributed by atoms with van der Waals surface area (Å²) >= 11 is 0. The summed E-state index contributed by atoms with van der Waals surface area (Å²) in [5.41, 5.74) is 2.34. The smallest absolute Gasteiger partial charge is 0.191 e. The van der Waals surface area contributed by atoms with E-state index in [1.807, 2.05) is 13.8 Å². The van der Waals surface area contributed by atoms with E-state index in [0.29, 0.717) is 39.5 Å². The van der Waals surface area contributed by atoms with Crippen LogP contribution >= 0.6 is 24.0 Å². The molecular weight excluding hydrogens is 481 g/mol. The van der Waals surface area contributed by atoms with Gasteiger partial charge in [-0.2, -0.15) is 0 Å². The van der Waals surface area contributed by atoms with Gasteiger partial charge < -0.3 is 24.8 Å². The first-order valence-electron chi connectivity index (χ1n) is 10.5. The first-order chi connectivity index (χ1) is 13.7. The maximum absolute atomic E-state index is 5.68. The second kappa shape index (κ2) is 19.1. The molecule has 0 aliphatic carbocycles. The summed E-state index contributed by atoms with van der Waals surface area (Å²) < 4.78 is 16.7. The van der Waals surface area contributed by atoms with Crippen LogP contribution in [0, 0.1) is 0 Å². The lowest BCUT2D eigenvalue weighted by atomic mass is 10.1. The molecule has 1 aromatic rings. The van der Waals surface area contributed by atoms with Crippen molar-refractivity contribution >= 4 is 29.9 Å². The monoisotopic (exact) mass is 521 g/mol. The van der Waals surface area contributed by atoms with Gasteiger partial charge in [0.15, 0.2) is 5.96 Å². The summed E-state index contributed by atoms with van der Waals surface area (Å²) in [5.74, 6) is 0.800. The average molecular weight is 521 g/mol. The van der Waals surface area contributed by atoms with Gasteiger partial charge in [0.1, 0.15) is 0 Å². The third kappa shape index (κ3) is 15.6. The number of hydrogen-bond donors (Lipinski definition) is 2. The van der Waals surface area contributed by atoms with Crippen LogP contribution in [-0.4, -0.2) is 51.6 Å². The van der Waals surface area contributed by atoms with Gasteiger partial charge >= 0.3 is 0 Å². The fourth-order valence-electron chi connectivity index (χ4n) is 2.40. The van der Waals surface area contributed by atoms with E-state index in [1.165, 1.54) is 11.1 Å². The van der Waals surface area contributed by atoms with Crippen molar-refractivity contribution in [3.63, 3.8) is 0 Å². The number of unbranched alkanes of at least 4 members (excludes halogenated alkanes) is 1. The normalized spacial score (nSPS) is 11.4. The maximum Gasteiger partial charge on any atom is 0.191 e. The van der Waals surface area contributed by atoms with Crippen molar-refractivity contribution in [1.29, 1.82) is 0 Å². The molecule has 0 unspecified atom stereocenters. The zero-order valence-electron chi connectivity index (χ0n) is 18.5. The quantitative estimate of drug-likeness (QED) is 0.157. The summed E-state index contributed by atoms with van der Waals surface area (Å²) in [6.45, 7) is 13.8. The van der Waals surface area contributed by atoms with E-state index in [-0.39, 0.29) is 30.1 Å². The van der Waals surface area contributed by atoms with Gasteiger partial charge in [0, 0.05) is 19.7 Å². The molecule has 1 rings (SSSR count). The number of ether oxygens (including phenoxy) is 3. The van der Waals surface area contributed by atoms with Gasteiger partial charge in [-0.3, -0.25) is 0 Å². The van der Waals surface area contributed by atoms with Gasteiger partial charge in [-0.05, 0) is 38.3 Å². The highest BCUT2D eigenvalue weighted by Gasteiger charge is 2.01. The Morgan fingerprint density at radius 2 is 1.72 bits per heavy atom. The number of guanidine groups is 1. The van der Waals surface area contributed by atoms with Crippen LogP contribution in [0.1, 0.15) is 51.7 Å². The van der Waals surface area contributed by atoms with Crippen LogP contribution in [-0.2, 0) is 27.4 Å². The summed E-state index contributed by atoms with van der Waals surface area (Å²) in [7, 11) is 0. The largest absolute Gasteiger partial charge is 0.379 e. The van der Waals surface area contributed by atoms with Crippen LogP contribution in [0.3, 0.4) is 0 Å². The zero-order valence-corrected chi connectivity index (χ0v) is 20.9. The first-order valence-corrected chi connectivity index (χ1v) is 10.5. The van der Waals surface area contributed by atoms with Gasteiger partial charge in [0.2, 0.25) is 0 Å². The molecule has 0 aromatic heterocycles. The van der Waals surface area contributed by atoms with E-state index in [4.69, 9.17) is 14.2 Å². The molecule has 6 nitrogen and oxygen atoms in total. The number of nitrogens with one attached hydrogen (secondary N) is 2. The topological polar surface area (TPSA) is 64.1 Å². The van der Waals surface area contributed by atoms with Crippen LogP contribution in [0.2, 0.25) is 0 Å². The third-order valence-corrected chi connectivity index (χ3v) is 3.89. The van der Waals surface area contributed by atoms with E-state index in [9.17, 15) is 0 Å². The second-order valence-corrected chi connectivity index (χ2v) is 6.88. The van der Waals surface area contributed by atoms with Crippen LogP contribution in [0.25, 0.3) is 0 Å². The van der Waals surface area contributed by atoms with Crippen molar-refractivity contribution in [3.05, 3.63) is 35.4 Å². The van der Waals surface area contributed by atoms with Crippen molar-refractivity contribution in [2.24, 2.45) is 4.99 Å². The molecule has 0 aliphatic rings. The molecular formula is C22H40IN3O3. The molecule has 0 saturated heterocycles. The molecule has 29 heavy (non-hydrogen) atoms. The predicted octanol–water partition coefficient (Wildman–Crippen LogP) is 4.12. The highest BCUT2D eigenvalue weighted by Crippen LogP contribution is 2.09. The Labute approximate surface area is 194 Å². The Bertz CT molecular complexity index is 542. The number of benzene rings is 1. The molecule has 0 bridgehead atoms. The molecule has 1 aromatic carbocycles. The van der Waals surface area contributed by atoms with E-state index in [0.717, 1.165) is 32.0 Å². The Balaban J connectivity index is 0.00000784. The molecule has 0 radical (unpaired) electrons. The van der Waals surface area contributed by atoms with Gasteiger partial charge in [0.25, 0.3) is 0 Å². The Kier molecular flexibility index (Phi) is 18.5. The lowest BCUT2D eigenvalue weighted by molar-refractivity contribution is 0.0487. The molecule has 0 atom stereocenters. The summed E-state index contributed by atoms with van der Waals surface area (Å²) in [4.78, 5) is 4.66. The molecule has 0 aliphatic heterocycles. The molecule has 0 spiro atoms. The lowest BCUT2D eigenvalue weighted by Gasteiger charge is -2.12. The number of aliphatic imine (C=N–C) groups is 1. The van der Waals surface area contributed by atoms with Crippen molar-refractivity contribution in [2.45, 2.75) is 59.8 Å². The predicted molar refractivity (Wildman–Crippen MR) is 131 cm³/mol. The lowest BCUT2D eigenvalue weighted by Crippen LogP contribution is -2.39. The molecule has 0 amide bonds. The molecule has 168 valence electrons. The first kappa shape index (κ1) is 28.1. The highest BCUT2D eigenvalue weighted by molar-refractivity contribution is 14.0.